The lowest BCUT2D eigenvalue weighted by Crippen LogP contribution is -2.34. The number of carbonyl (C=O) groups excluding carboxylic acids is 1. The Hall–Kier alpha value is -3.75. The highest BCUT2D eigenvalue weighted by Crippen LogP contribution is 2.23. The topological polar surface area (TPSA) is 141 Å². The van der Waals surface area contributed by atoms with Crippen LogP contribution < -0.4 is 21.8 Å². The van der Waals surface area contributed by atoms with Gasteiger partial charge in [0, 0.05) is 31.5 Å². The molecule has 1 aliphatic heterocycles. The summed E-state index contributed by atoms with van der Waals surface area (Å²) in [6.07, 6.45) is 3.19. The highest BCUT2D eigenvalue weighted by Gasteiger charge is 2.19. The Kier molecular flexibility index (Phi) is 5.95. The van der Waals surface area contributed by atoms with Gasteiger partial charge in [-0.05, 0) is 11.6 Å². The summed E-state index contributed by atoms with van der Waals surface area (Å²) in [6, 6.07) is 10.5. The fourth-order valence-corrected chi connectivity index (χ4v) is 3.03. The van der Waals surface area contributed by atoms with Crippen molar-refractivity contribution in [1.29, 1.82) is 5.41 Å². The fourth-order valence-electron chi connectivity index (χ4n) is 3.03. The van der Waals surface area contributed by atoms with Gasteiger partial charge in [-0.15, -0.1) is 0 Å². The molecule has 1 aromatic heterocycles. The summed E-state index contributed by atoms with van der Waals surface area (Å²) in [5.41, 5.74) is 3.35. The van der Waals surface area contributed by atoms with Crippen molar-refractivity contribution in [1.82, 2.24) is 10.3 Å². The third-order valence-corrected chi connectivity index (χ3v) is 4.34. The standard InChI is InChI=1S/C19H22N8O/c1-22-18-13(9-20)7-17-24-16(18)11-23-10-14(27-21)8-15(25-19(28)26-17)12-5-3-2-4-6-12/h2-7,9-10,15,20,22H,8,11,21H2,1H3,(H2,24,25,26,28)/t15-/m1/s1. The molecule has 1 atom stereocenters. The third kappa shape index (κ3) is 4.32. The van der Waals surface area contributed by atoms with Crippen molar-refractivity contribution >= 4 is 35.7 Å². The molecule has 0 radical (unpaired) electrons. The predicted octanol–water partition coefficient (Wildman–Crippen LogP) is 2.27. The average Bonchev–Trinajstić information content (AvgIpc) is 2.71. The van der Waals surface area contributed by atoms with Crippen molar-refractivity contribution in [3.05, 3.63) is 53.2 Å². The zero-order valence-electron chi connectivity index (χ0n) is 15.4. The van der Waals surface area contributed by atoms with Gasteiger partial charge in [0.15, 0.2) is 0 Å². The summed E-state index contributed by atoms with van der Waals surface area (Å²) in [5, 5.41) is 20.2. The van der Waals surface area contributed by atoms with Crippen LogP contribution in [0.4, 0.5) is 16.3 Å². The van der Waals surface area contributed by atoms with Crippen LogP contribution in [0.15, 0.2) is 46.5 Å². The number of amides is 2. The number of nitrogens with two attached hydrogens (primary N) is 1. The number of hydrazone groups is 1. The smallest absolute Gasteiger partial charge is 0.320 e. The number of hydrogen-bond acceptors (Lipinski definition) is 7. The van der Waals surface area contributed by atoms with Crippen molar-refractivity contribution in [2.24, 2.45) is 15.9 Å². The Morgan fingerprint density at radius 1 is 1.36 bits per heavy atom. The van der Waals surface area contributed by atoms with Crippen molar-refractivity contribution in [2.75, 3.05) is 17.7 Å². The molecule has 0 spiro atoms. The molecule has 9 nitrogen and oxygen atoms in total. The van der Waals surface area contributed by atoms with E-state index in [2.05, 4.69) is 31.0 Å². The van der Waals surface area contributed by atoms with Crippen LogP contribution in [0.2, 0.25) is 0 Å². The zero-order valence-corrected chi connectivity index (χ0v) is 15.4. The summed E-state index contributed by atoms with van der Waals surface area (Å²) in [7, 11) is 1.75. The summed E-state index contributed by atoms with van der Waals surface area (Å²) in [4.78, 5) is 21.5. The van der Waals surface area contributed by atoms with Gasteiger partial charge in [0.2, 0.25) is 0 Å². The molecule has 0 saturated heterocycles. The number of aromatic nitrogens is 1. The van der Waals surface area contributed by atoms with Crippen LogP contribution in [0.5, 0.6) is 0 Å². The van der Waals surface area contributed by atoms with Gasteiger partial charge in [0.05, 0.1) is 29.7 Å². The fraction of sp³-hybridized carbons (Fsp3) is 0.211. The first-order valence-corrected chi connectivity index (χ1v) is 8.75. The number of hydrogen-bond donors (Lipinski definition) is 5. The number of carbonyl (C=O) groups is 1. The summed E-state index contributed by atoms with van der Waals surface area (Å²) >= 11 is 0. The maximum atomic E-state index is 12.6. The second-order valence-corrected chi connectivity index (χ2v) is 6.17. The number of nitrogens with one attached hydrogen (secondary N) is 4. The first-order valence-electron chi connectivity index (χ1n) is 8.75. The van der Waals surface area contributed by atoms with E-state index in [0.29, 0.717) is 34.9 Å². The zero-order chi connectivity index (χ0) is 19.9. The molecular formula is C19H22N8O. The number of anilines is 2. The number of fused-ring (bicyclic) bond motifs is 2. The van der Waals surface area contributed by atoms with Crippen LogP contribution in [0.3, 0.4) is 0 Å². The minimum Gasteiger partial charge on any atom is -0.386 e. The normalized spacial score (nSPS) is 18.4. The SMILES string of the molecule is CNc1c(C=N)cc2nc1CN=CC(=NN)C[C@H](c1ccccc1)NC(=O)N2. The van der Waals surface area contributed by atoms with E-state index in [-0.39, 0.29) is 12.6 Å². The lowest BCUT2D eigenvalue weighted by Gasteiger charge is -2.20. The second kappa shape index (κ2) is 8.76. The van der Waals surface area contributed by atoms with Crippen LogP contribution in [0.1, 0.15) is 29.3 Å². The van der Waals surface area contributed by atoms with Crippen molar-refractivity contribution in [3.63, 3.8) is 0 Å². The van der Waals surface area contributed by atoms with Crippen LogP contribution in [0.25, 0.3) is 0 Å². The summed E-state index contributed by atoms with van der Waals surface area (Å²) in [6.45, 7) is 0.253. The molecule has 2 heterocycles. The van der Waals surface area contributed by atoms with Gasteiger partial charge in [-0.25, -0.2) is 9.78 Å². The van der Waals surface area contributed by atoms with Crippen LogP contribution in [-0.2, 0) is 6.54 Å². The maximum Gasteiger partial charge on any atom is 0.320 e. The molecule has 2 amide bonds. The van der Waals surface area contributed by atoms with Gasteiger partial charge in [0.1, 0.15) is 5.82 Å². The Morgan fingerprint density at radius 2 is 2.14 bits per heavy atom. The first-order chi connectivity index (χ1) is 13.6. The predicted molar refractivity (Wildman–Crippen MR) is 111 cm³/mol. The molecule has 3 rings (SSSR count). The van der Waals surface area contributed by atoms with E-state index in [4.69, 9.17) is 11.3 Å². The molecule has 9 heteroatoms. The monoisotopic (exact) mass is 378 g/mol. The Balaban J connectivity index is 2.01. The second-order valence-electron chi connectivity index (χ2n) is 6.17. The van der Waals surface area contributed by atoms with E-state index >= 15 is 0 Å². The maximum absolute atomic E-state index is 12.6. The minimum absolute atomic E-state index is 0.253. The molecule has 2 aromatic rings. The molecule has 6 N–H and O–H groups in total. The highest BCUT2D eigenvalue weighted by atomic mass is 16.2. The van der Waals surface area contributed by atoms with Crippen molar-refractivity contribution < 1.29 is 4.79 Å². The van der Waals surface area contributed by atoms with Gasteiger partial charge in [-0.2, -0.15) is 5.10 Å². The molecule has 0 aliphatic carbocycles. The quantitative estimate of drug-likeness (QED) is 0.317. The largest absolute Gasteiger partial charge is 0.386 e. The molecule has 144 valence electrons. The minimum atomic E-state index is -0.408. The molecule has 0 fully saturated rings. The van der Waals surface area contributed by atoms with E-state index < -0.39 is 6.03 Å². The van der Waals surface area contributed by atoms with Crippen LogP contribution >= 0.6 is 0 Å². The third-order valence-electron chi connectivity index (χ3n) is 4.34. The Morgan fingerprint density at radius 3 is 2.82 bits per heavy atom. The van der Waals surface area contributed by atoms with Gasteiger partial charge in [-0.1, -0.05) is 30.3 Å². The van der Waals surface area contributed by atoms with Crippen LogP contribution in [-0.4, -0.2) is 36.2 Å². The molecule has 0 unspecified atom stereocenters. The number of urea groups is 1. The van der Waals surface area contributed by atoms with Crippen molar-refractivity contribution in [3.8, 4) is 0 Å². The molecule has 1 aliphatic rings. The van der Waals surface area contributed by atoms with Crippen LogP contribution in [0, 0.1) is 5.41 Å². The van der Waals surface area contributed by atoms with E-state index in [1.807, 2.05) is 30.3 Å². The Bertz CT molecular complexity index is 923. The first kappa shape index (κ1) is 19.0. The van der Waals surface area contributed by atoms with Gasteiger partial charge >= 0.3 is 6.03 Å². The number of benzene rings is 1. The number of aliphatic imine (C=N–C) groups is 1. The number of pyridine rings is 1. The summed E-state index contributed by atoms with van der Waals surface area (Å²) in [5.74, 6) is 5.88. The van der Waals surface area contributed by atoms with E-state index in [1.165, 1.54) is 6.21 Å². The molecule has 28 heavy (non-hydrogen) atoms. The van der Waals surface area contributed by atoms with Gasteiger partial charge in [0.25, 0.3) is 0 Å². The van der Waals surface area contributed by atoms with E-state index in [1.54, 1.807) is 19.3 Å². The summed E-state index contributed by atoms with van der Waals surface area (Å²) < 4.78 is 0. The number of rotatable bonds is 3. The van der Waals surface area contributed by atoms with Gasteiger partial charge in [-0.3, -0.25) is 10.3 Å². The molecule has 2 bridgehead atoms. The van der Waals surface area contributed by atoms with E-state index in [9.17, 15) is 4.79 Å². The lowest BCUT2D eigenvalue weighted by atomic mass is 10.0. The lowest BCUT2D eigenvalue weighted by molar-refractivity contribution is 0.248. The Labute approximate surface area is 162 Å². The molecular weight excluding hydrogens is 356 g/mol. The molecule has 1 aromatic carbocycles. The van der Waals surface area contributed by atoms with Crippen molar-refractivity contribution in [2.45, 2.75) is 19.0 Å². The average molecular weight is 378 g/mol. The highest BCUT2D eigenvalue weighted by molar-refractivity contribution is 6.30. The number of nitrogens with zero attached hydrogens (tertiary/aromatic N) is 3. The van der Waals surface area contributed by atoms with Gasteiger partial charge < -0.3 is 21.9 Å². The molecule has 0 saturated carbocycles. The van der Waals surface area contributed by atoms with E-state index in [0.717, 1.165) is 5.56 Å².